The summed E-state index contributed by atoms with van der Waals surface area (Å²) in [5.74, 6) is -0.566. The number of methoxy groups -OCH3 is 1. The highest BCUT2D eigenvalue weighted by atomic mass is 16.5. The van der Waals surface area contributed by atoms with Crippen LogP contribution in [0.25, 0.3) is 0 Å². The van der Waals surface area contributed by atoms with E-state index in [1.807, 2.05) is 19.1 Å². The molecule has 1 rings (SSSR count). The van der Waals surface area contributed by atoms with E-state index >= 15 is 0 Å². The number of carboxylic acids is 1. The summed E-state index contributed by atoms with van der Waals surface area (Å²) >= 11 is 0. The molecule has 0 amide bonds. The zero-order valence-corrected chi connectivity index (χ0v) is 9.36. The standard InChI is InChI=1S/C11H16N2O3/c1-7-3-8(5-9(4-7)16-2)6-11(12,13)10(14)15/h3-5H,6,12-13H2,1-2H3,(H,14,15). The summed E-state index contributed by atoms with van der Waals surface area (Å²) in [5.41, 5.74) is 10.9. The minimum absolute atomic E-state index is 0.0559. The third kappa shape index (κ3) is 2.95. The molecule has 0 radical (unpaired) electrons. The summed E-state index contributed by atoms with van der Waals surface area (Å²) in [6.07, 6.45) is 0.0559. The molecule has 16 heavy (non-hydrogen) atoms. The van der Waals surface area contributed by atoms with Crippen LogP contribution in [-0.4, -0.2) is 23.8 Å². The van der Waals surface area contributed by atoms with Crippen molar-refractivity contribution in [3.05, 3.63) is 29.3 Å². The minimum atomic E-state index is -1.75. The molecule has 5 N–H and O–H groups in total. The van der Waals surface area contributed by atoms with E-state index in [1.165, 1.54) is 0 Å². The van der Waals surface area contributed by atoms with Crippen molar-refractivity contribution in [3.8, 4) is 5.75 Å². The SMILES string of the molecule is COc1cc(C)cc(CC(N)(N)C(=O)O)c1. The summed E-state index contributed by atoms with van der Waals surface area (Å²) in [6, 6.07) is 5.41. The van der Waals surface area contributed by atoms with Crippen LogP contribution in [-0.2, 0) is 11.2 Å². The molecule has 5 heteroatoms. The van der Waals surface area contributed by atoms with Gasteiger partial charge in [-0.25, -0.2) is 4.79 Å². The summed E-state index contributed by atoms with van der Waals surface area (Å²) < 4.78 is 5.08. The lowest BCUT2D eigenvalue weighted by atomic mass is 9.99. The topological polar surface area (TPSA) is 98.6 Å². The van der Waals surface area contributed by atoms with Crippen LogP contribution in [0.4, 0.5) is 0 Å². The maximum absolute atomic E-state index is 10.8. The molecule has 88 valence electrons. The molecule has 0 saturated heterocycles. The van der Waals surface area contributed by atoms with Crippen molar-refractivity contribution in [1.29, 1.82) is 0 Å². The fraction of sp³-hybridized carbons (Fsp3) is 0.364. The van der Waals surface area contributed by atoms with Crippen LogP contribution in [0, 0.1) is 6.92 Å². The number of ether oxygens (including phenoxy) is 1. The fourth-order valence-electron chi connectivity index (χ4n) is 1.46. The lowest BCUT2D eigenvalue weighted by molar-refractivity contribution is -0.143. The minimum Gasteiger partial charge on any atom is -0.497 e. The molecule has 0 aliphatic carbocycles. The smallest absolute Gasteiger partial charge is 0.338 e. The van der Waals surface area contributed by atoms with Gasteiger partial charge in [-0.3, -0.25) is 0 Å². The van der Waals surface area contributed by atoms with Crippen molar-refractivity contribution < 1.29 is 14.6 Å². The Morgan fingerprint density at radius 2 is 2.06 bits per heavy atom. The van der Waals surface area contributed by atoms with E-state index in [1.54, 1.807) is 13.2 Å². The van der Waals surface area contributed by atoms with Gasteiger partial charge in [0.2, 0.25) is 0 Å². The molecule has 0 aliphatic rings. The number of hydrogen-bond acceptors (Lipinski definition) is 4. The maximum atomic E-state index is 10.8. The van der Waals surface area contributed by atoms with Crippen LogP contribution < -0.4 is 16.2 Å². The first-order valence-corrected chi connectivity index (χ1v) is 4.81. The Labute approximate surface area is 94.0 Å². The summed E-state index contributed by atoms with van der Waals surface area (Å²) in [5, 5.41) is 8.82. The van der Waals surface area contributed by atoms with E-state index in [4.69, 9.17) is 21.3 Å². The Kier molecular flexibility index (Phi) is 3.51. The second kappa shape index (κ2) is 4.51. The Morgan fingerprint density at radius 3 is 2.56 bits per heavy atom. The number of aryl methyl sites for hydroxylation is 1. The number of rotatable bonds is 4. The molecule has 0 atom stereocenters. The number of hydrogen-bond donors (Lipinski definition) is 3. The van der Waals surface area contributed by atoms with Crippen molar-refractivity contribution in [1.82, 2.24) is 0 Å². The average molecular weight is 224 g/mol. The van der Waals surface area contributed by atoms with Crippen LogP contribution >= 0.6 is 0 Å². The van der Waals surface area contributed by atoms with Crippen molar-refractivity contribution in [2.24, 2.45) is 11.5 Å². The van der Waals surface area contributed by atoms with Gasteiger partial charge in [-0.05, 0) is 30.2 Å². The van der Waals surface area contributed by atoms with Gasteiger partial charge in [0.25, 0.3) is 0 Å². The van der Waals surface area contributed by atoms with Crippen molar-refractivity contribution in [3.63, 3.8) is 0 Å². The van der Waals surface area contributed by atoms with Crippen molar-refractivity contribution in [2.45, 2.75) is 19.0 Å². The quantitative estimate of drug-likeness (QED) is 0.636. The van der Waals surface area contributed by atoms with Gasteiger partial charge in [-0.15, -0.1) is 0 Å². The number of aliphatic carboxylic acids is 1. The van der Waals surface area contributed by atoms with Gasteiger partial charge in [-0.1, -0.05) is 6.07 Å². The predicted molar refractivity (Wildman–Crippen MR) is 60.2 cm³/mol. The first-order chi connectivity index (χ1) is 7.35. The third-order valence-electron chi connectivity index (χ3n) is 2.24. The molecule has 0 spiro atoms. The second-order valence-electron chi connectivity index (χ2n) is 3.88. The van der Waals surface area contributed by atoms with E-state index in [0.717, 1.165) is 11.1 Å². The molecule has 1 aromatic rings. The van der Waals surface area contributed by atoms with Crippen LogP contribution in [0.2, 0.25) is 0 Å². The molecule has 0 saturated carbocycles. The molecular formula is C11H16N2O3. The molecule has 1 aromatic carbocycles. The van der Waals surface area contributed by atoms with Gasteiger partial charge in [0.05, 0.1) is 7.11 Å². The Morgan fingerprint density at radius 1 is 1.44 bits per heavy atom. The molecular weight excluding hydrogens is 208 g/mol. The zero-order valence-electron chi connectivity index (χ0n) is 9.36. The Hall–Kier alpha value is -1.59. The fourth-order valence-corrected chi connectivity index (χ4v) is 1.46. The molecule has 0 fully saturated rings. The first-order valence-electron chi connectivity index (χ1n) is 4.81. The van der Waals surface area contributed by atoms with E-state index in [2.05, 4.69) is 0 Å². The summed E-state index contributed by atoms with van der Waals surface area (Å²) in [7, 11) is 1.55. The summed E-state index contributed by atoms with van der Waals surface area (Å²) in [6.45, 7) is 1.89. The molecule has 0 unspecified atom stereocenters. The van der Waals surface area contributed by atoms with E-state index in [-0.39, 0.29) is 6.42 Å². The predicted octanol–water partition coefficient (Wildman–Crippen LogP) is 0.244. The van der Waals surface area contributed by atoms with Gasteiger partial charge >= 0.3 is 5.97 Å². The molecule has 0 aromatic heterocycles. The van der Waals surface area contributed by atoms with Gasteiger partial charge in [-0.2, -0.15) is 0 Å². The van der Waals surface area contributed by atoms with Gasteiger partial charge in [0.15, 0.2) is 5.66 Å². The van der Waals surface area contributed by atoms with E-state index in [9.17, 15) is 4.79 Å². The highest BCUT2D eigenvalue weighted by Gasteiger charge is 2.29. The third-order valence-corrected chi connectivity index (χ3v) is 2.24. The number of benzene rings is 1. The van der Waals surface area contributed by atoms with Crippen LogP contribution in [0.1, 0.15) is 11.1 Å². The van der Waals surface area contributed by atoms with E-state index in [0.29, 0.717) is 5.75 Å². The van der Waals surface area contributed by atoms with Crippen LogP contribution in [0.3, 0.4) is 0 Å². The number of nitrogens with two attached hydrogens (primary N) is 2. The zero-order chi connectivity index (χ0) is 12.3. The van der Waals surface area contributed by atoms with Gasteiger partial charge in [0.1, 0.15) is 5.75 Å². The first kappa shape index (κ1) is 12.5. The van der Waals surface area contributed by atoms with Gasteiger partial charge < -0.3 is 21.3 Å². The molecule has 0 aliphatic heterocycles. The maximum Gasteiger partial charge on any atom is 0.338 e. The molecule has 0 heterocycles. The highest BCUT2D eigenvalue weighted by Crippen LogP contribution is 2.18. The largest absolute Gasteiger partial charge is 0.497 e. The molecule has 5 nitrogen and oxygen atoms in total. The lowest BCUT2D eigenvalue weighted by Crippen LogP contribution is -2.58. The lowest BCUT2D eigenvalue weighted by Gasteiger charge is -2.19. The van der Waals surface area contributed by atoms with Crippen molar-refractivity contribution in [2.75, 3.05) is 7.11 Å². The normalized spacial score (nSPS) is 11.2. The monoisotopic (exact) mass is 224 g/mol. The van der Waals surface area contributed by atoms with E-state index < -0.39 is 11.6 Å². The van der Waals surface area contributed by atoms with Crippen molar-refractivity contribution >= 4 is 5.97 Å². The Balaban J connectivity index is 2.97. The molecule has 0 bridgehead atoms. The van der Waals surface area contributed by atoms with Gasteiger partial charge in [0, 0.05) is 6.42 Å². The Bertz CT molecular complexity index is 402. The van der Waals surface area contributed by atoms with Crippen LogP contribution in [0.5, 0.6) is 5.75 Å². The average Bonchev–Trinajstić information content (AvgIpc) is 2.15. The number of carboxylic acid groups (broad SMARTS) is 1. The highest BCUT2D eigenvalue weighted by molar-refractivity contribution is 5.78. The number of carbonyl (C=O) groups is 1. The van der Waals surface area contributed by atoms with Crippen LogP contribution in [0.15, 0.2) is 18.2 Å². The summed E-state index contributed by atoms with van der Waals surface area (Å²) in [4.78, 5) is 10.8. The second-order valence-corrected chi connectivity index (χ2v) is 3.88.